The van der Waals surface area contributed by atoms with Crippen LogP contribution in [0.25, 0.3) is 0 Å². The topological polar surface area (TPSA) is 60.5 Å². The average Bonchev–Trinajstić information content (AvgIpc) is 2.21. The molecule has 1 aromatic heterocycles. The summed E-state index contributed by atoms with van der Waals surface area (Å²) in [6.45, 7) is 5.52. The molecule has 0 unspecified atom stereocenters. The van der Waals surface area contributed by atoms with E-state index in [2.05, 4.69) is 0 Å². The molecule has 1 aromatic rings. The molecule has 0 atom stereocenters. The van der Waals surface area contributed by atoms with Crippen molar-refractivity contribution in [3.05, 3.63) is 28.7 Å². The van der Waals surface area contributed by atoms with Gasteiger partial charge in [-0.2, -0.15) is 0 Å². The Morgan fingerprint density at radius 2 is 2.11 bits per heavy atom. The summed E-state index contributed by atoms with van der Waals surface area (Å²) in [5, 5.41) is 0. The quantitative estimate of drug-likeness (QED) is 0.803. The maximum Gasteiger partial charge on any atom is 0.292 e. The first-order valence-corrected chi connectivity index (χ1v) is 6.05. The van der Waals surface area contributed by atoms with Crippen molar-refractivity contribution >= 4 is 0 Å². The number of pyridine rings is 1. The van der Waals surface area contributed by atoms with Crippen LogP contribution in [0.3, 0.4) is 0 Å². The number of hydrogen-bond donors (Lipinski definition) is 1. The third-order valence-corrected chi connectivity index (χ3v) is 2.36. The maximum absolute atomic E-state index is 12.1. The van der Waals surface area contributed by atoms with Crippen LogP contribution in [0.15, 0.2) is 23.1 Å². The van der Waals surface area contributed by atoms with Crippen molar-refractivity contribution in [2.45, 2.75) is 25.9 Å². The summed E-state index contributed by atoms with van der Waals surface area (Å²) in [4.78, 5) is 14.1. The molecule has 5 heteroatoms. The smallest absolute Gasteiger partial charge is 0.292 e. The second-order valence-corrected chi connectivity index (χ2v) is 5.45. The molecule has 0 amide bonds. The first kappa shape index (κ1) is 14.7. The van der Waals surface area contributed by atoms with E-state index >= 15 is 0 Å². The highest BCUT2D eigenvalue weighted by Crippen LogP contribution is 2.05. The van der Waals surface area contributed by atoms with E-state index in [-0.39, 0.29) is 5.56 Å². The Kier molecular flexibility index (Phi) is 4.93. The number of rotatable bonds is 6. The van der Waals surface area contributed by atoms with Crippen LogP contribution in [-0.2, 0) is 6.54 Å². The molecule has 1 heterocycles. The molecule has 0 aromatic carbocycles. The molecule has 2 N–H and O–H groups in total. The Balaban J connectivity index is 2.76. The minimum atomic E-state index is -0.425. The molecule has 1 rings (SSSR count). The SMILES string of the molecule is CN(C)CCOc1cccn(CC(C)(C)N)c1=O. The van der Waals surface area contributed by atoms with Gasteiger partial charge in [-0.25, -0.2) is 0 Å². The van der Waals surface area contributed by atoms with Crippen molar-refractivity contribution in [1.82, 2.24) is 9.47 Å². The van der Waals surface area contributed by atoms with Gasteiger partial charge in [-0.3, -0.25) is 4.79 Å². The van der Waals surface area contributed by atoms with Gasteiger partial charge in [0, 0.05) is 24.8 Å². The third kappa shape index (κ3) is 4.89. The lowest BCUT2D eigenvalue weighted by Gasteiger charge is -2.20. The lowest BCUT2D eigenvalue weighted by Crippen LogP contribution is -2.40. The second-order valence-electron chi connectivity index (χ2n) is 5.45. The second kappa shape index (κ2) is 6.02. The van der Waals surface area contributed by atoms with E-state index in [1.807, 2.05) is 32.8 Å². The predicted octanol–water partition coefficient (Wildman–Crippen LogP) is 0.526. The lowest BCUT2D eigenvalue weighted by molar-refractivity contribution is 0.256. The molecule has 0 bridgehead atoms. The first-order chi connectivity index (χ1) is 8.29. The number of nitrogens with two attached hydrogens (primary N) is 1. The zero-order chi connectivity index (χ0) is 13.8. The maximum atomic E-state index is 12.1. The van der Waals surface area contributed by atoms with Gasteiger partial charge < -0.3 is 19.9 Å². The minimum absolute atomic E-state index is 0.130. The highest BCUT2D eigenvalue weighted by molar-refractivity contribution is 5.17. The molecule has 0 radical (unpaired) electrons. The molecular weight excluding hydrogens is 230 g/mol. The van der Waals surface area contributed by atoms with E-state index in [9.17, 15) is 4.79 Å². The zero-order valence-corrected chi connectivity index (χ0v) is 11.6. The average molecular weight is 253 g/mol. The summed E-state index contributed by atoms with van der Waals surface area (Å²) in [5.74, 6) is 0.378. The molecule has 0 spiro atoms. The fraction of sp³-hybridized carbons (Fsp3) is 0.615. The molecule has 102 valence electrons. The Labute approximate surface area is 108 Å². The Morgan fingerprint density at radius 1 is 1.44 bits per heavy atom. The van der Waals surface area contributed by atoms with E-state index in [0.717, 1.165) is 6.54 Å². The van der Waals surface area contributed by atoms with Crippen LogP contribution < -0.4 is 16.0 Å². The van der Waals surface area contributed by atoms with Crippen LogP contribution in [0.5, 0.6) is 5.75 Å². The molecule has 5 nitrogen and oxygen atoms in total. The highest BCUT2D eigenvalue weighted by atomic mass is 16.5. The van der Waals surface area contributed by atoms with Crippen LogP contribution in [0.4, 0.5) is 0 Å². The fourth-order valence-electron chi connectivity index (χ4n) is 1.53. The van der Waals surface area contributed by atoms with Gasteiger partial charge >= 0.3 is 0 Å². The van der Waals surface area contributed by atoms with Gasteiger partial charge in [0.15, 0.2) is 5.75 Å². The molecule has 18 heavy (non-hydrogen) atoms. The van der Waals surface area contributed by atoms with Gasteiger partial charge in [0.2, 0.25) is 0 Å². The minimum Gasteiger partial charge on any atom is -0.487 e. The van der Waals surface area contributed by atoms with E-state index in [0.29, 0.717) is 18.9 Å². The molecule has 0 aliphatic heterocycles. The molecule has 0 fully saturated rings. The number of nitrogens with zero attached hydrogens (tertiary/aromatic N) is 2. The zero-order valence-electron chi connectivity index (χ0n) is 11.6. The van der Waals surface area contributed by atoms with Crippen molar-refractivity contribution in [3.8, 4) is 5.75 Å². The normalized spacial score (nSPS) is 11.9. The summed E-state index contributed by atoms with van der Waals surface area (Å²) in [6.07, 6.45) is 1.73. The summed E-state index contributed by atoms with van der Waals surface area (Å²) in [7, 11) is 3.92. The van der Waals surface area contributed by atoms with Gasteiger partial charge in [-0.1, -0.05) is 0 Å². The van der Waals surface area contributed by atoms with Crippen molar-refractivity contribution in [3.63, 3.8) is 0 Å². The van der Waals surface area contributed by atoms with Crippen molar-refractivity contribution in [2.24, 2.45) is 5.73 Å². The Bertz CT molecular complexity index is 433. The largest absolute Gasteiger partial charge is 0.487 e. The number of aromatic nitrogens is 1. The van der Waals surface area contributed by atoms with E-state index in [4.69, 9.17) is 10.5 Å². The summed E-state index contributed by atoms with van der Waals surface area (Å²) in [5.41, 5.74) is 5.36. The van der Waals surface area contributed by atoms with E-state index in [1.165, 1.54) is 0 Å². The monoisotopic (exact) mass is 253 g/mol. The van der Waals surface area contributed by atoms with Crippen LogP contribution in [0.1, 0.15) is 13.8 Å². The predicted molar refractivity (Wildman–Crippen MR) is 73.0 cm³/mol. The van der Waals surface area contributed by atoms with Gasteiger partial charge in [0.25, 0.3) is 5.56 Å². The third-order valence-electron chi connectivity index (χ3n) is 2.36. The first-order valence-electron chi connectivity index (χ1n) is 6.05. The Hall–Kier alpha value is -1.33. The number of hydrogen-bond acceptors (Lipinski definition) is 4. The number of ether oxygens (including phenoxy) is 1. The summed E-state index contributed by atoms with van der Waals surface area (Å²) in [6, 6.07) is 3.50. The van der Waals surface area contributed by atoms with Gasteiger partial charge in [-0.15, -0.1) is 0 Å². The molecule has 0 aliphatic carbocycles. The highest BCUT2D eigenvalue weighted by Gasteiger charge is 2.13. The molecular formula is C13H23N3O2. The molecule has 0 saturated carbocycles. The molecule has 0 saturated heterocycles. The lowest BCUT2D eigenvalue weighted by atomic mass is 10.1. The standard InChI is InChI=1S/C13H23N3O2/c1-13(2,14)10-16-7-5-6-11(12(16)17)18-9-8-15(3)4/h5-7H,8-10,14H2,1-4H3. The number of likely N-dealkylation sites (N-methyl/N-ethyl adjacent to an activating group) is 1. The van der Waals surface area contributed by atoms with E-state index < -0.39 is 5.54 Å². The van der Waals surface area contributed by atoms with Crippen molar-refractivity contribution in [1.29, 1.82) is 0 Å². The van der Waals surface area contributed by atoms with Gasteiger partial charge in [-0.05, 0) is 40.1 Å². The van der Waals surface area contributed by atoms with Gasteiger partial charge in [0.05, 0.1) is 0 Å². The Morgan fingerprint density at radius 3 is 2.67 bits per heavy atom. The summed E-state index contributed by atoms with van der Waals surface area (Å²) >= 11 is 0. The molecule has 0 aliphatic rings. The van der Waals surface area contributed by atoms with Crippen molar-refractivity contribution in [2.75, 3.05) is 27.2 Å². The fourth-order valence-corrected chi connectivity index (χ4v) is 1.53. The van der Waals surface area contributed by atoms with Crippen LogP contribution in [0, 0.1) is 0 Å². The van der Waals surface area contributed by atoms with Crippen molar-refractivity contribution < 1.29 is 4.74 Å². The van der Waals surface area contributed by atoms with E-state index in [1.54, 1.807) is 22.9 Å². The van der Waals surface area contributed by atoms with Gasteiger partial charge in [0.1, 0.15) is 6.61 Å². The van der Waals surface area contributed by atoms with Crippen LogP contribution >= 0.6 is 0 Å². The van der Waals surface area contributed by atoms with Crippen LogP contribution in [0.2, 0.25) is 0 Å². The van der Waals surface area contributed by atoms with Crippen LogP contribution in [-0.4, -0.2) is 42.3 Å². The summed E-state index contributed by atoms with van der Waals surface area (Å²) < 4.78 is 7.08.